The summed E-state index contributed by atoms with van der Waals surface area (Å²) in [5.74, 6) is -0.182. The summed E-state index contributed by atoms with van der Waals surface area (Å²) in [7, 11) is 3.50. The Morgan fingerprint density at radius 1 is 1.29 bits per heavy atom. The van der Waals surface area contributed by atoms with Crippen LogP contribution >= 0.6 is 0 Å². The lowest BCUT2D eigenvalue weighted by Crippen LogP contribution is -2.28. The topological polar surface area (TPSA) is 24.5 Å². The molecule has 0 fully saturated rings. The van der Waals surface area contributed by atoms with Gasteiger partial charge in [-0.1, -0.05) is 12.1 Å². The number of hydrogen-bond donors (Lipinski definition) is 1. The Balaban J connectivity index is 2.83. The summed E-state index contributed by atoms with van der Waals surface area (Å²) in [6.07, 6.45) is -4.67. The van der Waals surface area contributed by atoms with E-state index in [4.69, 9.17) is 0 Å². The van der Waals surface area contributed by atoms with E-state index in [0.29, 0.717) is 18.8 Å². The number of anilines is 1. The van der Waals surface area contributed by atoms with Crippen LogP contribution in [0.4, 0.5) is 18.9 Å². The van der Waals surface area contributed by atoms with Crippen molar-refractivity contribution in [3.63, 3.8) is 0 Å². The van der Waals surface area contributed by atoms with Crippen LogP contribution in [0.5, 0.6) is 5.75 Å². The summed E-state index contributed by atoms with van der Waals surface area (Å²) in [5, 5.41) is 2.93. The predicted molar refractivity (Wildman–Crippen MR) is 60.3 cm³/mol. The van der Waals surface area contributed by atoms with E-state index in [2.05, 4.69) is 10.1 Å². The van der Waals surface area contributed by atoms with Crippen molar-refractivity contribution in [3.8, 4) is 5.75 Å². The molecular weight excluding hydrogens is 233 g/mol. The van der Waals surface area contributed by atoms with Gasteiger partial charge in [0.2, 0.25) is 0 Å². The lowest BCUT2D eigenvalue weighted by Gasteiger charge is -2.22. The second kappa shape index (κ2) is 5.77. The number of para-hydroxylation sites is 2. The number of nitrogens with zero attached hydrogens (tertiary/aromatic N) is 1. The van der Waals surface area contributed by atoms with Crippen LogP contribution in [0.2, 0.25) is 0 Å². The molecule has 0 aliphatic rings. The lowest BCUT2D eigenvalue weighted by molar-refractivity contribution is -0.274. The molecule has 1 aromatic rings. The van der Waals surface area contributed by atoms with Crippen molar-refractivity contribution in [2.24, 2.45) is 0 Å². The number of nitrogens with one attached hydrogen (secondary N) is 1. The molecule has 0 spiro atoms. The third-order valence-corrected chi connectivity index (χ3v) is 2.20. The zero-order valence-corrected chi connectivity index (χ0v) is 9.71. The van der Waals surface area contributed by atoms with Gasteiger partial charge in [0.05, 0.1) is 5.69 Å². The molecule has 1 N–H and O–H groups in total. The highest BCUT2D eigenvalue weighted by atomic mass is 19.4. The first-order chi connectivity index (χ1) is 7.94. The second-order valence-electron chi connectivity index (χ2n) is 3.54. The largest absolute Gasteiger partial charge is 0.573 e. The molecule has 96 valence electrons. The summed E-state index contributed by atoms with van der Waals surface area (Å²) in [4.78, 5) is 1.71. The van der Waals surface area contributed by atoms with Gasteiger partial charge in [0.15, 0.2) is 5.75 Å². The molecule has 0 unspecified atom stereocenters. The van der Waals surface area contributed by atoms with E-state index in [0.717, 1.165) is 0 Å². The minimum Gasteiger partial charge on any atom is -0.404 e. The minimum absolute atomic E-state index is 0.182. The molecular formula is C11H15F3N2O. The smallest absolute Gasteiger partial charge is 0.404 e. The molecule has 0 aliphatic heterocycles. The fourth-order valence-corrected chi connectivity index (χ4v) is 1.38. The van der Waals surface area contributed by atoms with E-state index in [1.807, 2.05) is 0 Å². The zero-order valence-electron chi connectivity index (χ0n) is 9.71. The second-order valence-corrected chi connectivity index (χ2v) is 3.54. The third kappa shape index (κ3) is 4.52. The Hall–Kier alpha value is -1.43. The minimum atomic E-state index is -4.67. The first-order valence-corrected chi connectivity index (χ1v) is 5.14. The number of alkyl halides is 3. The fourth-order valence-electron chi connectivity index (χ4n) is 1.38. The van der Waals surface area contributed by atoms with Gasteiger partial charge in [-0.05, 0) is 19.2 Å². The highest BCUT2D eigenvalue weighted by Gasteiger charge is 2.32. The summed E-state index contributed by atoms with van der Waals surface area (Å²) < 4.78 is 40.5. The van der Waals surface area contributed by atoms with Crippen molar-refractivity contribution in [3.05, 3.63) is 24.3 Å². The summed E-state index contributed by atoms with van der Waals surface area (Å²) in [6.45, 7) is 1.27. The van der Waals surface area contributed by atoms with Crippen molar-refractivity contribution in [1.82, 2.24) is 5.32 Å². The fraction of sp³-hybridized carbons (Fsp3) is 0.455. The van der Waals surface area contributed by atoms with Gasteiger partial charge in [0.1, 0.15) is 0 Å². The maximum atomic E-state index is 12.2. The molecule has 0 amide bonds. The highest BCUT2D eigenvalue weighted by Crippen LogP contribution is 2.31. The first-order valence-electron chi connectivity index (χ1n) is 5.14. The molecule has 0 saturated heterocycles. The molecule has 17 heavy (non-hydrogen) atoms. The normalized spacial score (nSPS) is 11.4. The Labute approximate surface area is 98.2 Å². The molecule has 0 heterocycles. The van der Waals surface area contributed by atoms with E-state index < -0.39 is 6.36 Å². The van der Waals surface area contributed by atoms with Crippen LogP contribution in [-0.2, 0) is 0 Å². The van der Waals surface area contributed by atoms with Gasteiger partial charge in [-0.25, -0.2) is 0 Å². The third-order valence-electron chi connectivity index (χ3n) is 2.20. The van der Waals surface area contributed by atoms with Crippen LogP contribution in [0, 0.1) is 0 Å². The predicted octanol–water partition coefficient (Wildman–Crippen LogP) is 2.24. The van der Waals surface area contributed by atoms with Crippen LogP contribution in [0.25, 0.3) is 0 Å². The van der Waals surface area contributed by atoms with E-state index in [1.54, 1.807) is 31.1 Å². The van der Waals surface area contributed by atoms with Gasteiger partial charge in [-0.3, -0.25) is 0 Å². The van der Waals surface area contributed by atoms with Crippen molar-refractivity contribution < 1.29 is 17.9 Å². The Kier molecular flexibility index (Phi) is 4.62. The summed E-state index contributed by atoms with van der Waals surface area (Å²) in [5.41, 5.74) is 0.417. The van der Waals surface area contributed by atoms with E-state index >= 15 is 0 Å². The summed E-state index contributed by atoms with van der Waals surface area (Å²) in [6, 6.07) is 6.08. The van der Waals surface area contributed by atoms with Gasteiger partial charge in [-0.15, -0.1) is 13.2 Å². The Morgan fingerprint density at radius 2 is 1.94 bits per heavy atom. The Bertz CT molecular complexity index is 355. The number of rotatable bonds is 5. The Morgan fingerprint density at radius 3 is 2.53 bits per heavy atom. The van der Waals surface area contributed by atoms with Crippen LogP contribution < -0.4 is 15.0 Å². The maximum absolute atomic E-state index is 12.2. The van der Waals surface area contributed by atoms with Gasteiger partial charge in [0, 0.05) is 20.1 Å². The number of ether oxygens (including phenoxy) is 1. The maximum Gasteiger partial charge on any atom is 0.573 e. The average molecular weight is 248 g/mol. The average Bonchev–Trinajstić information content (AvgIpc) is 2.24. The molecule has 1 aromatic carbocycles. The first kappa shape index (κ1) is 13.6. The van der Waals surface area contributed by atoms with Crippen LogP contribution in [0.15, 0.2) is 24.3 Å². The molecule has 0 bridgehead atoms. The number of hydrogen-bond acceptors (Lipinski definition) is 3. The molecule has 3 nitrogen and oxygen atoms in total. The van der Waals surface area contributed by atoms with Gasteiger partial charge >= 0.3 is 6.36 Å². The standard InChI is InChI=1S/C11H15F3N2O/c1-15-7-8-16(2)9-5-3-4-6-10(9)17-11(12,13)14/h3-6,15H,7-8H2,1-2H3. The molecule has 0 aromatic heterocycles. The molecule has 0 aliphatic carbocycles. The molecule has 6 heteroatoms. The molecule has 0 atom stereocenters. The van der Waals surface area contributed by atoms with Gasteiger partial charge in [-0.2, -0.15) is 0 Å². The monoisotopic (exact) mass is 248 g/mol. The van der Waals surface area contributed by atoms with Crippen LogP contribution in [0.3, 0.4) is 0 Å². The number of halogens is 3. The van der Waals surface area contributed by atoms with Crippen molar-refractivity contribution in [2.45, 2.75) is 6.36 Å². The lowest BCUT2D eigenvalue weighted by atomic mass is 10.2. The molecule has 0 radical (unpaired) electrons. The van der Waals surface area contributed by atoms with Gasteiger partial charge < -0.3 is 15.0 Å². The van der Waals surface area contributed by atoms with Crippen LogP contribution in [-0.4, -0.2) is 33.5 Å². The van der Waals surface area contributed by atoms with Crippen molar-refractivity contribution in [1.29, 1.82) is 0 Å². The number of likely N-dealkylation sites (N-methyl/N-ethyl adjacent to an activating group) is 2. The van der Waals surface area contributed by atoms with Crippen molar-refractivity contribution >= 4 is 5.69 Å². The zero-order chi connectivity index (χ0) is 12.9. The van der Waals surface area contributed by atoms with Crippen LogP contribution in [0.1, 0.15) is 0 Å². The van der Waals surface area contributed by atoms with Crippen molar-refractivity contribution in [2.75, 3.05) is 32.1 Å². The number of benzene rings is 1. The SMILES string of the molecule is CNCCN(C)c1ccccc1OC(F)(F)F. The van der Waals surface area contributed by atoms with E-state index in [9.17, 15) is 13.2 Å². The van der Waals surface area contributed by atoms with Gasteiger partial charge in [0.25, 0.3) is 0 Å². The molecule has 1 rings (SSSR count). The molecule has 0 saturated carbocycles. The summed E-state index contributed by atoms with van der Waals surface area (Å²) >= 11 is 0. The van der Waals surface area contributed by atoms with E-state index in [-0.39, 0.29) is 5.75 Å². The quantitative estimate of drug-likeness (QED) is 0.864. The highest BCUT2D eigenvalue weighted by molar-refractivity contribution is 5.57. The van der Waals surface area contributed by atoms with E-state index in [1.165, 1.54) is 12.1 Å².